The first-order chi connectivity index (χ1) is 11.4. The molecule has 3 N–H and O–H groups in total. The molecule has 0 atom stereocenters. The van der Waals surface area contributed by atoms with Crippen LogP contribution in [0.4, 0.5) is 0 Å². The summed E-state index contributed by atoms with van der Waals surface area (Å²) in [4.78, 5) is 1.81. The van der Waals surface area contributed by atoms with Crippen molar-refractivity contribution in [1.29, 1.82) is 0 Å². The number of hydrogen-bond donors (Lipinski definition) is 2. The molecule has 0 unspecified atom stereocenters. The molecule has 2 aromatic carbocycles. The second kappa shape index (κ2) is 6.46. The second-order valence-corrected chi connectivity index (χ2v) is 7.18. The highest BCUT2D eigenvalue weighted by Gasteiger charge is 2.34. The summed E-state index contributed by atoms with van der Waals surface area (Å²) in [6.07, 6.45) is 4.03. The largest absolute Gasteiger partial charge is 0.335 e. The lowest BCUT2D eigenvalue weighted by atomic mass is 9.99. The molecule has 2 nitrogen and oxygen atoms in total. The Morgan fingerprint density at radius 1 is 0.913 bits per heavy atom. The number of nitrogens with two attached hydrogens (primary N) is 1. The van der Waals surface area contributed by atoms with E-state index in [2.05, 4.69) is 60.8 Å². The first kappa shape index (κ1) is 14.9. The van der Waals surface area contributed by atoms with Gasteiger partial charge in [-0.15, -0.1) is 0 Å². The van der Waals surface area contributed by atoms with Crippen LogP contribution in [0.5, 0.6) is 0 Å². The highest BCUT2D eigenvalue weighted by molar-refractivity contribution is 5.77. The smallest absolute Gasteiger partial charge is 0.139 e. The van der Waals surface area contributed by atoms with Crippen LogP contribution < -0.4 is 10.2 Å². The van der Waals surface area contributed by atoms with Crippen LogP contribution in [0.2, 0.25) is 0 Å². The van der Waals surface area contributed by atoms with E-state index in [9.17, 15) is 0 Å². The summed E-state index contributed by atoms with van der Waals surface area (Å²) in [5.74, 6) is 0. The molecular weight excluding hydrogens is 280 g/mol. The summed E-state index contributed by atoms with van der Waals surface area (Å²) >= 11 is 0. The Balaban J connectivity index is 1.53. The van der Waals surface area contributed by atoms with Gasteiger partial charge in [-0.2, -0.15) is 0 Å². The Hall–Kier alpha value is -1.64. The van der Waals surface area contributed by atoms with Gasteiger partial charge < -0.3 is 10.2 Å². The third-order valence-corrected chi connectivity index (χ3v) is 5.69. The van der Waals surface area contributed by atoms with Gasteiger partial charge in [0.25, 0.3) is 0 Å². The molecule has 2 aromatic rings. The third-order valence-electron chi connectivity index (χ3n) is 5.69. The van der Waals surface area contributed by atoms with Gasteiger partial charge in [0, 0.05) is 24.0 Å². The topological polar surface area (TPSA) is 21.1 Å². The van der Waals surface area contributed by atoms with Gasteiger partial charge in [0.15, 0.2) is 0 Å². The zero-order valence-electron chi connectivity index (χ0n) is 14.1. The van der Waals surface area contributed by atoms with Gasteiger partial charge in [-0.25, -0.2) is 0 Å². The van der Waals surface area contributed by atoms with E-state index in [1.807, 2.05) is 4.90 Å². The van der Waals surface area contributed by atoms with Gasteiger partial charge in [-0.3, -0.25) is 0 Å². The molecule has 0 amide bonds. The molecule has 0 radical (unpaired) electrons. The van der Waals surface area contributed by atoms with Crippen molar-refractivity contribution >= 4 is 0 Å². The van der Waals surface area contributed by atoms with E-state index in [4.69, 9.17) is 0 Å². The Labute approximate surface area is 139 Å². The Morgan fingerprint density at radius 2 is 1.48 bits per heavy atom. The number of hydrogen-bond acceptors (Lipinski definition) is 0. The standard InChI is InChI=1S/C21H26N2/c1-2-13-23-14-11-16(12-15-23)22-21-19-9-5-3-7-17(19)18-8-4-6-10-20(18)21/h3-10,16,21-22H,2,11-15H2,1H3/p+2. The van der Waals surface area contributed by atoms with E-state index < -0.39 is 0 Å². The quantitative estimate of drug-likeness (QED) is 0.859. The fraction of sp³-hybridized carbons (Fsp3) is 0.429. The summed E-state index contributed by atoms with van der Waals surface area (Å²) in [7, 11) is 0. The molecule has 2 aliphatic rings. The molecular formula is C21H28N2+2. The lowest BCUT2D eigenvalue weighted by molar-refractivity contribution is -0.914. The number of piperidine rings is 1. The molecule has 0 saturated carbocycles. The normalized spacial score (nSPS) is 23.5. The van der Waals surface area contributed by atoms with E-state index in [-0.39, 0.29) is 0 Å². The molecule has 120 valence electrons. The average molecular weight is 308 g/mol. The van der Waals surface area contributed by atoms with Crippen LogP contribution in [0.3, 0.4) is 0 Å². The minimum atomic E-state index is 0.500. The van der Waals surface area contributed by atoms with Gasteiger partial charge >= 0.3 is 0 Å². The highest BCUT2D eigenvalue weighted by Crippen LogP contribution is 2.41. The van der Waals surface area contributed by atoms with Crippen LogP contribution in [0.25, 0.3) is 11.1 Å². The lowest BCUT2D eigenvalue weighted by Gasteiger charge is -2.29. The van der Waals surface area contributed by atoms with Crippen molar-refractivity contribution < 1.29 is 10.2 Å². The van der Waals surface area contributed by atoms with Gasteiger partial charge in [-0.05, 0) is 17.5 Å². The maximum Gasteiger partial charge on any atom is 0.139 e. The molecule has 2 heteroatoms. The van der Waals surface area contributed by atoms with Gasteiger partial charge in [0.05, 0.1) is 25.7 Å². The molecule has 1 aliphatic heterocycles. The fourth-order valence-electron chi connectivity index (χ4n) is 4.52. The molecule has 1 saturated heterocycles. The zero-order chi connectivity index (χ0) is 15.6. The number of quaternary nitrogens is 2. The maximum absolute atomic E-state index is 2.66. The van der Waals surface area contributed by atoms with E-state index in [1.54, 1.807) is 0 Å². The van der Waals surface area contributed by atoms with Crippen molar-refractivity contribution in [2.45, 2.75) is 38.3 Å². The van der Waals surface area contributed by atoms with E-state index in [1.165, 1.54) is 61.2 Å². The van der Waals surface area contributed by atoms with Crippen LogP contribution in [-0.4, -0.2) is 25.7 Å². The van der Waals surface area contributed by atoms with E-state index in [0.29, 0.717) is 6.04 Å². The second-order valence-electron chi connectivity index (χ2n) is 7.18. The van der Waals surface area contributed by atoms with Crippen molar-refractivity contribution in [1.82, 2.24) is 0 Å². The minimum absolute atomic E-state index is 0.500. The molecule has 4 rings (SSSR count). The number of nitrogens with one attached hydrogen (secondary N) is 1. The summed E-state index contributed by atoms with van der Waals surface area (Å²) < 4.78 is 0. The molecule has 0 aromatic heterocycles. The Bertz CT molecular complexity index is 626. The summed E-state index contributed by atoms with van der Waals surface area (Å²) in [5, 5.41) is 2.66. The van der Waals surface area contributed by atoms with Crippen molar-refractivity contribution in [3.8, 4) is 11.1 Å². The van der Waals surface area contributed by atoms with Crippen LogP contribution in [0.1, 0.15) is 43.4 Å². The molecule has 1 aliphatic carbocycles. The number of rotatable bonds is 4. The van der Waals surface area contributed by atoms with E-state index >= 15 is 0 Å². The van der Waals surface area contributed by atoms with Crippen molar-refractivity contribution in [2.24, 2.45) is 0 Å². The number of likely N-dealkylation sites (tertiary alicyclic amines) is 1. The number of benzene rings is 2. The van der Waals surface area contributed by atoms with Gasteiger partial charge in [-0.1, -0.05) is 55.5 Å². The maximum atomic E-state index is 2.66. The van der Waals surface area contributed by atoms with Gasteiger partial charge in [0.2, 0.25) is 0 Å². The lowest BCUT2D eigenvalue weighted by Crippen LogP contribution is -3.14. The van der Waals surface area contributed by atoms with Crippen molar-refractivity contribution in [3.63, 3.8) is 0 Å². The first-order valence-corrected chi connectivity index (χ1v) is 9.23. The van der Waals surface area contributed by atoms with Crippen molar-refractivity contribution in [3.05, 3.63) is 59.7 Å². The SMILES string of the molecule is CCC[NH+]1CCC([NH2+]C2c3ccccc3-c3ccccc32)CC1. The summed E-state index contributed by atoms with van der Waals surface area (Å²) in [6.45, 7) is 6.36. The predicted octanol–water partition coefficient (Wildman–Crippen LogP) is 1.78. The van der Waals surface area contributed by atoms with Crippen LogP contribution in [0.15, 0.2) is 48.5 Å². The fourth-order valence-corrected chi connectivity index (χ4v) is 4.52. The first-order valence-electron chi connectivity index (χ1n) is 9.23. The molecule has 1 fully saturated rings. The van der Waals surface area contributed by atoms with Crippen LogP contribution in [-0.2, 0) is 0 Å². The summed E-state index contributed by atoms with van der Waals surface area (Å²) in [5.41, 5.74) is 5.91. The van der Waals surface area contributed by atoms with Crippen LogP contribution >= 0.6 is 0 Å². The molecule has 23 heavy (non-hydrogen) atoms. The van der Waals surface area contributed by atoms with Crippen molar-refractivity contribution in [2.75, 3.05) is 19.6 Å². The molecule has 1 heterocycles. The highest BCUT2D eigenvalue weighted by atomic mass is 15.1. The van der Waals surface area contributed by atoms with E-state index in [0.717, 1.165) is 6.04 Å². The number of fused-ring (bicyclic) bond motifs is 3. The summed E-state index contributed by atoms with van der Waals surface area (Å²) in [6, 6.07) is 19.2. The Morgan fingerprint density at radius 3 is 2.04 bits per heavy atom. The zero-order valence-corrected chi connectivity index (χ0v) is 14.1. The monoisotopic (exact) mass is 308 g/mol. The third kappa shape index (κ3) is 2.82. The average Bonchev–Trinajstić information content (AvgIpc) is 2.92. The molecule has 0 spiro atoms. The molecule has 0 bridgehead atoms. The van der Waals surface area contributed by atoms with Gasteiger partial charge in [0.1, 0.15) is 6.04 Å². The predicted molar refractivity (Wildman–Crippen MR) is 94.5 cm³/mol. The minimum Gasteiger partial charge on any atom is -0.335 e. The Kier molecular flexibility index (Phi) is 4.19. The van der Waals surface area contributed by atoms with Crippen LogP contribution in [0, 0.1) is 0 Å².